The Kier molecular flexibility index (Phi) is 9.16. The summed E-state index contributed by atoms with van der Waals surface area (Å²) in [5.74, 6) is 1.77. The van der Waals surface area contributed by atoms with Gasteiger partial charge in [0.25, 0.3) is 0 Å². The van der Waals surface area contributed by atoms with E-state index >= 15 is 0 Å². The van der Waals surface area contributed by atoms with Crippen LogP contribution < -0.4 is 0 Å². The second-order valence-corrected chi connectivity index (χ2v) is 18.4. The molecular formula is C64H43N3O. The molecule has 0 radical (unpaired) electrons. The number of hydrogen-bond donors (Lipinski definition) is 0. The average Bonchev–Trinajstić information content (AvgIpc) is 3.90. The van der Waals surface area contributed by atoms with Crippen LogP contribution in [-0.2, 0) is 5.41 Å². The minimum absolute atomic E-state index is 0.178. The molecule has 4 heteroatoms. The SMILES string of the molecule is CC1(C)c2ccccc2-c2ccc(-c3nc(-c4ccc(-c5ccccc5)cc4)nc(-c4cc5ccccc5c5c4oc4cc(-c6ccc(-c7ccc(-c8ccccc8)cc7)cc6)ccc45)n3)cc21. The summed E-state index contributed by atoms with van der Waals surface area (Å²) in [6, 6.07) is 79.7. The lowest BCUT2D eigenvalue weighted by molar-refractivity contribution is 0.660. The second kappa shape index (κ2) is 15.7. The van der Waals surface area contributed by atoms with Crippen molar-refractivity contribution in [2.24, 2.45) is 0 Å². The number of benzene rings is 10. The van der Waals surface area contributed by atoms with Gasteiger partial charge in [0.1, 0.15) is 11.2 Å². The summed E-state index contributed by atoms with van der Waals surface area (Å²) in [5, 5.41) is 4.29. The molecular weight excluding hydrogens is 827 g/mol. The standard InChI is InChI=1S/C64H43N3O/c1-64(2)56-20-12-11-19-52(56)53-35-34-50(38-57(53)64)62-65-61(47-31-29-43(30-32-47)41-15-7-4-8-16-41)66-63(67-62)55-37-49-17-9-10-18-51(49)59-54-36-33-48(39-58(54)68-60(55)59)46-27-25-45(26-28-46)44-23-21-42(22-24-44)40-13-5-3-6-14-40/h3-39H,1-2H3. The predicted octanol–water partition coefficient (Wildman–Crippen LogP) is 16.9. The zero-order valence-corrected chi connectivity index (χ0v) is 37.6. The highest BCUT2D eigenvalue weighted by molar-refractivity contribution is 6.22. The molecule has 1 aliphatic rings. The second-order valence-electron chi connectivity index (χ2n) is 18.4. The molecule has 0 saturated heterocycles. The summed E-state index contributed by atoms with van der Waals surface area (Å²) in [5.41, 5.74) is 18.4. The third-order valence-electron chi connectivity index (χ3n) is 14.0. The molecule has 0 unspecified atom stereocenters. The van der Waals surface area contributed by atoms with E-state index in [1.165, 1.54) is 44.5 Å². The van der Waals surface area contributed by atoms with Gasteiger partial charge in [-0.2, -0.15) is 0 Å². The number of aromatic nitrogens is 3. The Balaban J connectivity index is 0.935. The van der Waals surface area contributed by atoms with Crippen molar-refractivity contribution in [3.05, 3.63) is 236 Å². The van der Waals surface area contributed by atoms with Crippen LogP contribution >= 0.6 is 0 Å². The van der Waals surface area contributed by atoms with Crippen molar-refractivity contribution in [1.29, 1.82) is 0 Å². The molecule has 12 aromatic rings. The minimum Gasteiger partial charge on any atom is -0.455 e. The Morgan fingerprint density at radius 3 is 1.44 bits per heavy atom. The van der Waals surface area contributed by atoms with Gasteiger partial charge < -0.3 is 4.42 Å². The smallest absolute Gasteiger partial charge is 0.167 e. The third kappa shape index (κ3) is 6.64. The van der Waals surface area contributed by atoms with Crippen molar-refractivity contribution in [3.63, 3.8) is 0 Å². The van der Waals surface area contributed by atoms with E-state index in [0.717, 1.165) is 71.7 Å². The number of furan rings is 1. The summed E-state index contributed by atoms with van der Waals surface area (Å²) in [7, 11) is 0. The van der Waals surface area contributed by atoms with Crippen molar-refractivity contribution < 1.29 is 4.42 Å². The molecule has 2 aromatic heterocycles. The lowest BCUT2D eigenvalue weighted by Gasteiger charge is -2.21. The van der Waals surface area contributed by atoms with Crippen LogP contribution in [0.2, 0.25) is 0 Å². The van der Waals surface area contributed by atoms with Gasteiger partial charge in [0, 0.05) is 27.3 Å². The zero-order valence-electron chi connectivity index (χ0n) is 37.6. The summed E-state index contributed by atoms with van der Waals surface area (Å²) >= 11 is 0. The average molecular weight is 870 g/mol. The van der Waals surface area contributed by atoms with Gasteiger partial charge in [-0.25, -0.2) is 15.0 Å². The molecule has 320 valence electrons. The first-order valence-electron chi connectivity index (χ1n) is 23.2. The van der Waals surface area contributed by atoms with E-state index in [-0.39, 0.29) is 5.41 Å². The maximum absolute atomic E-state index is 7.03. The van der Waals surface area contributed by atoms with Crippen LogP contribution in [0.4, 0.5) is 0 Å². The van der Waals surface area contributed by atoms with Crippen molar-refractivity contribution in [2.75, 3.05) is 0 Å². The fourth-order valence-corrected chi connectivity index (χ4v) is 10.4. The van der Waals surface area contributed by atoms with E-state index in [9.17, 15) is 0 Å². The molecule has 0 bridgehead atoms. The largest absolute Gasteiger partial charge is 0.455 e. The number of rotatable bonds is 7. The molecule has 10 aromatic carbocycles. The molecule has 0 aliphatic heterocycles. The van der Waals surface area contributed by atoms with Crippen LogP contribution in [0.25, 0.3) is 123 Å². The Labute approximate surface area is 394 Å². The molecule has 0 spiro atoms. The molecule has 0 amide bonds. The highest BCUT2D eigenvalue weighted by atomic mass is 16.3. The first-order chi connectivity index (χ1) is 33.4. The van der Waals surface area contributed by atoms with Crippen LogP contribution in [0.3, 0.4) is 0 Å². The summed E-state index contributed by atoms with van der Waals surface area (Å²) in [6.07, 6.45) is 0. The normalized spacial score (nSPS) is 12.7. The fourth-order valence-electron chi connectivity index (χ4n) is 10.4. The Bertz CT molecular complexity index is 3890. The quantitative estimate of drug-likeness (QED) is 0.160. The van der Waals surface area contributed by atoms with Gasteiger partial charge in [-0.15, -0.1) is 0 Å². The molecule has 0 saturated carbocycles. The van der Waals surface area contributed by atoms with E-state index in [4.69, 9.17) is 19.4 Å². The summed E-state index contributed by atoms with van der Waals surface area (Å²) in [4.78, 5) is 15.9. The summed E-state index contributed by atoms with van der Waals surface area (Å²) < 4.78 is 7.03. The minimum atomic E-state index is -0.178. The molecule has 13 rings (SSSR count). The van der Waals surface area contributed by atoms with E-state index in [1.54, 1.807) is 0 Å². The topological polar surface area (TPSA) is 51.8 Å². The Hall–Kier alpha value is -8.73. The van der Waals surface area contributed by atoms with Gasteiger partial charge in [-0.3, -0.25) is 0 Å². The number of nitrogens with zero attached hydrogens (tertiary/aromatic N) is 3. The molecule has 68 heavy (non-hydrogen) atoms. The van der Waals surface area contributed by atoms with Crippen LogP contribution in [0, 0.1) is 0 Å². The van der Waals surface area contributed by atoms with E-state index in [1.807, 2.05) is 6.07 Å². The van der Waals surface area contributed by atoms with Gasteiger partial charge in [0.15, 0.2) is 17.5 Å². The first kappa shape index (κ1) is 39.6. The molecule has 1 aliphatic carbocycles. The van der Waals surface area contributed by atoms with Gasteiger partial charge in [0.05, 0.1) is 5.56 Å². The Morgan fingerprint density at radius 1 is 0.324 bits per heavy atom. The maximum atomic E-state index is 7.03. The van der Waals surface area contributed by atoms with Crippen LogP contribution in [0.5, 0.6) is 0 Å². The van der Waals surface area contributed by atoms with Crippen LogP contribution in [0.1, 0.15) is 25.0 Å². The van der Waals surface area contributed by atoms with Gasteiger partial charge in [-0.05, 0) is 102 Å². The monoisotopic (exact) mass is 869 g/mol. The van der Waals surface area contributed by atoms with Gasteiger partial charge >= 0.3 is 0 Å². The molecule has 4 nitrogen and oxygen atoms in total. The maximum Gasteiger partial charge on any atom is 0.167 e. The van der Waals surface area contributed by atoms with Crippen molar-refractivity contribution in [1.82, 2.24) is 15.0 Å². The number of hydrogen-bond acceptors (Lipinski definition) is 4. The third-order valence-corrected chi connectivity index (χ3v) is 14.0. The molecule has 0 fully saturated rings. The first-order valence-corrected chi connectivity index (χ1v) is 23.2. The molecule has 0 atom stereocenters. The van der Waals surface area contributed by atoms with Crippen molar-refractivity contribution in [3.8, 4) is 89.8 Å². The van der Waals surface area contributed by atoms with Crippen LogP contribution in [0.15, 0.2) is 229 Å². The van der Waals surface area contributed by atoms with Gasteiger partial charge in [-0.1, -0.05) is 214 Å². The van der Waals surface area contributed by atoms with Crippen molar-refractivity contribution in [2.45, 2.75) is 19.3 Å². The molecule has 0 N–H and O–H groups in total. The lowest BCUT2D eigenvalue weighted by atomic mass is 9.82. The zero-order chi connectivity index (χ0) is 45.3. The Morgan fingerprint density at radius 2 is 0.794 bits per heavy atom. The number of fused-ring (bicyclic) bond motifs is 8. The fraction of sp³-hybridized carbons (Fsp3) is 0.0469. The van der Waals surface area contributed by atoms with E-state index in [2.05, 4.69) is 232 Å². The lowest BCUT2D eigenvalue weighted by Crippen LogP contribution is -2.15. The molecule has 2 heterocycles. The van der Waals surface area contributed by atoms with E-state index < -0.39 is 0 Å². The highest BCUT2D eigenvalue weighted by Gasteiger charge is 2.35. The van der Waals surface area contributed by atoms with E-state index in [0.29, 0.717) is 17.5 Å². The van der Waals surface area contributed by atoms with Crippen LogP contribution in [-0.4, -0.2) is 15.0 Å². The predicted molar refractivity (Wildman–Crippen MR) is 280 cm³/mol. The summed E-state index contributed by atoms with van der Waals surface area (Å²) in [6.45, 7) is 4.61. The van der Waals surface area contributed by atoms with Crippen molar-refractivity contribution >= 4 is 32.7 Å². The highest BCUT2D eigenvalue weighted by Crippen LogP contribution is 2.50. The van der Waals surface area contributed by atoms with Gasteiger partial charge in [0.2, 0.25) is 0 Å².